The van der Waals surface area contributed by atoms with Crippen LogP contribution in [0.25, 0.3) is 0 Å². The van der Waals surface area contributed by atoms with E-state index in [-0.39, 0.29) is 189 Å². The number of halogens is 7. The molecule has 0 spiro atoms. The molecule has 0 N–H and O–H groups in total. The van der Waals surface area contributed by atoms with Crippen molar-refractivity contribution in [2.75, 3.05) is 26.2 Å². The van der Waals surface area contributed by atoms with Gasteiger partial charge in [-0.2, -0.15) is 0 Å². The molecule has 0 amide bonds. The molecule has 0 saturated carbocycles. The molecule has 9 heteroatoms. The average molecular weight is 1310 g/mol. The fraction of sp³-hybridized carbons (Fsp3) is 1.00. The molecule has 0 aromatic heterocycles. The molecule has 0 unspecified atom stereocenters. The van der Waals surface area contributed by atoms with Crippen LogP contribution in [0.4, 0.5) is 0 Å². The van der Waals surface area contributed by atoms with E-state index in [0.29, 0.717) is 0 Å². The van der Waals surface area contributed by atoms with Crippen LogP contribution in [0.1, 0.15) is 79.1 Å². The maximum absolute atomic E-state index is 2.33. The summed E-state index contributed by atoms with van der Waals surface area (Å²) >= 11 is 0. The predicted octanol–water partition coefficient (Wildman–Crippen LogP) is -16.0. The molecule has 0 rings (SSSR count). The van der Waals surface area contributed by atoms with E-state index in [9.17, 15) is 0 Å². The van der Waals surface area contributed by atoms with Gasteiger partial charge in [-0.05, 0) is 25.7 Å². The van der Waals surface area contributed by atoms with E-state index >= 15 is 0 Å². The van der Waals surface area contributed by atoms with Crippen LogP contribution in [0, 0.1) is 0 Å². The minimum absolute atomic E-state index is 0. The molecule has 0 aliphatic heterocycles. The molecule has 0 aliphatic carbocycles. The van der Waals surface area contributed by atoms with E-state index in [0.717, 1.165) is 0 Å². The first-order valence-electron chi connectivity index (χ1n) is 8.09. The van der Waals surface area contributed by atoms with Gasteiger partial charge in [0.15, 0.2) is 0 Å². The van der Waals surface area contributed by atoms with E-state index in [4.69, 9.17) is 0 Å². The molecule has 0 aromatic carbocycles. The predicted molar refractivity (Wildman–Crippen MR) is 79.4 cm³/mol. The quantitative estimate of drug-likeness (QED) is 0.135. The first-order chi connectivity index (χ1) is 8.24. The van der Waals surface area contributed by atoms with Crippen molar-refractivity contribution in [3.05, 3.63) is 0 Å². The van der Waals surface area contributed by atoms with Crippen molar-refractivity contribution in [2.24, 2.45) is 0 Å². The van der Waals surface area contributed by atoms with Crippen LogP contribution < -0.4 is 168 Å². The summed E-state index contributed by atoms with van der Waals surface area (Å²) in [6, 6.07) is 0. The summed E-state index contributed by atoms with van der Waals surface area (Å²) in [5, 5.41) is 0. The summed E-state index contributed by atoms with van der Waals surface area (Å²) in [5.74, 6) is 0. The zero-order valence-corrected chi connectivity index (χ0v) is 34.0. The van der Waals surface area contributed by atoms with Gasteiger partial charge in [-0.15, -0.1) is 0 Å². The molecular weight excluding hydrogens is 1280 g/mol. The van der Waals surface area contributed by atoms with Crippen LogP contribution in [-0.2, 0) is 21.1 Å². The Balaban J connectivity index is -0.0000000457. The van der Waals surface area contributed by atoms with Gasteiger partial charge in [-0.3, -0.25) is 0 Å². The van der Waals surface area contributed by atoms with Crippen LogP contribution in [0.2, 0.25) is 0 Å². The maximum atomic E-state index is 2.33. The molecule has 0 aromatic rings. The Morgan fingerprint density at radius 3 is 0.680 bits per heavy atom. The number of rotatable bonds is 12. The Labute approximate surface area is 293 Å². The van der Waals surface area contributed by atoms with Gasteiger partial charge in [-0.1, -0.05) is 53.4 Å². The molecule has 0 atom stereocenters. The molecule has 1 nitrogen and oxygen atoms in total. The van der Waals surface area contributed by atoms with Crippen molar-refractivity contribution < 1.29 is 193 Å². The minimum atomic E-state index is 0. The fourth-order valence-electron chi connectivity index (χ4n) is 2.64. The third-order valence-corrected chi connectivity index (χ3v) is 3.94. The summed E-state index contributed by atoms with van der Waals surface area (Å²) in [5.41, 5.74) is 0. The maximum Gasteiger partial charge on any atom is 6.00 e. The topological polar surface area (TPSA) is 0 Å². The van der Waals surface area contributed by atoms with E-state index in [1.165, 1.54) is 82.0 Å². The third-order valence-electron chi connectivity index (χ3n) is 3.94. The van der Waals surface area contributed by atoms with Crippen LogP contribution in [0.3, 0.4) is 0 Å². The molecule has 0 fully saturated rings. The van der Waals surface area contributed by atoms with Gasteiger partial charge in [0.2, 0.25) is 0 Å². The van der Waals surface area contributed by atoms with Crippen LogP contribution in [0.15, 0.2) is 0 Å². The first kappa shape index (κ1) is 57.5. The molecule has 160 valence electrons. The molecule has 25 heavy (non-hydrogen) atoms. The molecule has 0 bridgehead atoms. The Morgan fingerprint density at radius 1 is 0.400 bits per heavy atom. The second-order valence-corrected chi connectivity index (χ2v) is 5.65. The standard InChI is InChI=1S/C16H36N.7HI.W/c1-5-9-13-17(14-10-6-2,15-11-7-3)16-12-8-4;;;;;;;;/h5-16H2,1-4H3;7*1H;/q+1;;;;;;;;+6/p-7. The van der Waals surface area contributed by atoms with Crippen molar-refractivity contribution >= 4 is 0 Å². The number of unbranched alkanes of at least 4 members (excludes halogenated alkanes) is 4. The minimum Gasteiger partial charge on any atom is -1.00 e. The van der Waals surface area contributed by atoms with Gasteiger partial charge in [0.1, 0.15) is 0 Å². The molecular formula is C16H36I7NW. The number of hydrogen-bond donors (Lipinski definition) is 0. The molecule has 0 aliphatic rings. The Hall–Kier alpha value is 5.76. The van der Waals surface area contributed by atoms with Crippen LogP contribution in [0.5, 0.6) is 0 Å². The SMILES string of the molecule is CCCC[N+](CCCC)(CCCC)CCCC.[I-].[I-].[I-].[I-].[I-].[I-].[I-].[W+6]. The van der Waals surface area contributed by atoms with E-state index < -0.39 is 0 Å². The third kappa shape index (κ3) is 34.6. The van der Waals surface area contributed by atoms with Crippen molar-refractivity contribution in [1.82, 2.24) is 0 Å². The Bertz CT molecular complexity index is 143. The summed E-state index contributed by atoms with van der Waals surface area (Å²) in [7, 11) is 0. The van der Waals surface area contributed by atoms with E-state index in [2.05, 4.69) is 27.7 Å². The zero-order valence-electron chi connectivity index (χ0n) is 16.0. The average Bonchev–Trinajstić information content (AvgIpc) is 2.37. The van der Waals surface area contributed by atoms with E-state index in [1.54, 1.807) is 0 Å². The van der Waals surface area contributed by atoms with Gasteiger partial charge in [0.05, 0.1) is 26.2 Å². The van der Waals surface area contributed by atoms with Gasteiger partial charge in [0, 0.05) is 0 Å². The smallest absolute Gasteiger partial charge is 1.00 e. The number of hydrogen-bond acceptors (Lipinski definition) is 0. The second kappa shape index (κ2) is 43.6. The van der Waals surface area contributed by atoms with Gasteiger partial charge in [0.25, 0.3) is 0 Å². The van der Waals surface area contributed by atoms with Gasteiger partial charge < -0.3 is 172 Å². The fourth-order valence-corrected chi connectivity index (χ4v) is 2.64. The van der Waals surface area contributed by atoms with Crippen molar-refractivity contribution in [2.45, 2.75) is 79.1 Å². The summed E-state index contributed by atoms with van der Waals surface area (Å²) in [6.07, 6.45) is 11.1. The summed E-state index contributed by atoms with van der Waals surface area (Å²) < 4.78 is 1.42. The van der Waals surface area contributed by atoms with E-state index in [1.807, 2.05) is 0 Å². The summed E-state index contributed by atoms with van der Waals surface area (Å²) in [6.45, 7) is 15.0. The Kier molecular flexibility index (Phi) is 100. The van der Waals surface area contributed by atoms with Gasteiger partial charge >= 0.3 is 21.1 Å². The monoisotopic (exact) mass is 1310 g/mol. The first-order valence-corrected chi connectivity index (χ1v) is 8.09. The molecule has 0 radical (unpaired) electrons. The number of quaternary nitrogens is 1. The zero-order chi connectivity index (χ0) is 13.0. The van der Waals surface area contributed by atoms with Crippen LogP contribution >= 0.6 is 0 Å². The summed E-state index contributed by atoms with van der Waals surface area (Å²) in [4.78, 5) is 0. The number of nitrogens with zero attached hydrogens (tertiary/aromatic N) is 1. The molecule has 0 heterocycles. The second-order valence-electron chi connectivity index (χ2n) is 5.65. The van der Waals surface area contributed by atoms with Crippen molar-refractivity contribution in [3.8, 4) is 0 Å². The normalized spacial score (nSPS) is 8.16. The van der Waals surface area contributed by atoms with Gasteiger partial charge in [-0.25, -0.2) is 0 Å². The molecule has 0 saturated heterocycles. The largest absolute Gasteiger partial charge is 6.00 e. The van der Waals surface area contributed by atoms with Crippen molar-refractivity contribution in [3.63, 3.8) is 0 Å². The van der Waals surface area contributed by atoms with Crippen LogP contribution in [-0.4, -0.2) is 30.7 Å². The Morgan fingerprint density at radius 2 is 0.560 bits per heavy atom. The van der Waals surface area contributed by atoms with Crippen molar-refractivity contribution in [1.29, 1.82) is 0 Å².